The third kappa shape index (κ3) is 7.33. The molecular formula is C26H29N3O4S. The van der Waals surface area contributed by atoms with Gasteiger partial charge in [-0.25, -0.2) is 13.1 Å². The predicted octanol–water partition coefficient (Wildman–Crippen LogP) is 3.31. The molecule has 178 valence electrons. The number of carbonyl (C=O) groups is 2. The number of benzene rings is 2. The molecule has 0 aliphatic heterocycles. The fourth-order valence-corrected chi connectivity index (χ4v) is 4.83. The summed E-state index contributed by atoms with van der Waals surface area (Å²) in [7, 11) is -3.66. The lowest BCUT2D eigenvalue weighted by Crippen LogP contribution is -2.43. The molecule has 0 saturated carbocycles. The summed E-state index contributed by atoms with van der Waals surface area (Å²) < 4.78 is 27.6. The summed E-state index contributed by atoms with van der Waals surface area (Å²) in [5.41, 5.74) is 1.34. The number of amides is 1. The molecule has 1 aromatic heterocycles. The Morgan fingerprint density at radius 1 is 0.912 bits per heavy atom. The fourth-order valence-electron chi connectivity index (χ4n) is 3.41. The van der Waals surface area contributed by atoms with E-state index in [0.717, 1.165) is 5.56 Å². The summed E-state index contributed by atoms with van der Waals surface area (Å²) in [6.45, 7) is 5.30. The molecule has 0 saturated heterocycles. The molecule has 34 heavy (non-hydrogen) atoms. The zero-order valence-electron chi connectivity index (χ0n) is 19.5. The quantitative estimate of drug-likeness (QED) is 0.490. The molecule has 0 fully saturated rings. The van der Waals surface area contributed by atoms with Crippen molar-refractivity contribution in [3.8, 4) is 0 Å². The number of hydrogen-bond donors (Lipinski definition) is 2. The number of nitrogens with zero attached hydrogens (tertiary/aromatic N) is 1. The smallest absolute Gasteiger partial charge is 0.253 e. The van der Waals surface area contributed by atoms with Gasteiger partial charge in [0.05, 0.1) is 16.5 Å². The van der Waals surface area contributed by atoms with Crippen LogP contribution in [0.25, 0.3) is 0 Å². The van der Waals surface area contributed by atoms with E-state index >= 15 is 0 Å². The summed E-state index contributed by atoms with van der Waals surface area (Å²) in [6.07, 6.45) is 3.42. The molecule has 1 atom stereocenters. The average Bonchev–Trinajstić information content (AvgIpc) is 2.78. The first-order valence-corrected chi connectivity index (χ1v) is 12.4. The molecule has 2 aromatic carbocycles. The maximum Gasteiger partial charge on any atom is 0.253 e. The zero-order valence-corrected chi connectivity index (χ0v) is 20.3. The van der Waals surface area contributed by atoms with E-state index in [1.165, 1.54) is 18.3 Å². The Hall–Kier alpha value is -3.36. The summed E-state index contributed by atoms with van der Waals surface area (Å²) >= 11 is 0. The molecule has 3 aromatic rings. The molecule has 2 N–H and O–H groups in total. The molecule has 0 aliphatic rings. The van der Waals surface area contributed by atoms with Gasteiger partial charge < -0.3 is 5.32 Å². The normalized spacial score (nSPS) is 12.7. The van der Waals surface area contributed by atoms with Gasteiger partial charge in [0, 0.05) is 24.4 Å². The minimum Gasteiger partial charge on any atom is -0.342 e. The molecule has 0 unspecified atom stereocenters. The number of Topliss-reactive ketones (excluding diaryl/α,β-unsaturated/α-hetero) is 1. The number of rotatable bonds is 9. The lowest BCUT2D eigenvalue weighted by molar-refractivity contribution is -0.120. The number of pyridine rings is 1. The highest BCUT2D eigenvalue weighted by atomic mass is 32.2. The first-order chi connectivity index (χ1) is 16.0. The van der Waals surface area contributed by atoms with E-state index in [-0.39, 0.29) is 23.0 Å². The Balaban J connectivity index is 1.76. The molecular weight excluding hydrogens is 450 g/mol. The third-order valence-corrected chi connectivity index (χ3v) is 6.73. The van der Waals surface area contributed by atoms with Gasteiger partial charge in [0.2, 0.25) is 10.0 Å². The van der Waals surface area contributed by atoms with Gasteiger partial charge in [0.1, 0.15) is 0 Å². The van der Waals surface area contributed by atoms with Gasteiger partial charge in [-0.05, 0) is 62.6 Å². The zero-order chi connectivity index (χ0) is 24.8. The van der Waals surface area contributed by atoms with E-state index in [0.29, 0.717) is 17.5 Å². The first-order valence-electron chi connectivity index (χ1n) is 10.9. The van der Waals surface area contributed by atoms with Crippen molar-refractivity contribution in [3.05, 3.63) is 95.8 Å². The van der Waals surface area contributed by atoms with Crippen molar-refractivity contribution >= 4 is 21.7 Å². The van der Waals surface area contributed by atoms with Crippen molar-refractivity contribution in [1.29, 1.82) is 0 Å². The van der Waals surface area contributed by atoms with E-state index in [4.69, 9.17) is 0 Å². The van der Waals surface area contributed by atoms with Crippen LogP contribution in [0, 0.1) is 0 Å². The van der Waals surface area contributed by atoms with Crippen molar-refractivity contribution in [2.45, 2.75) is 50.1 Å². The van der Waals surface area contributed by atoms with Crippen LogP contribution in [0.3, 0.4) is 0 Å². The Kier molecular flexibility index (Phi) is 7.96. The number of hydrogen-bond acceptors (Lipinski definition) is 5. The van der Waals surface area contributed by atoms with E-state index in [9.17, 15) is 18.0 Å². The Labute approximate surface area is 200 Å². The van der Waals surface area contributed by atoms with Crippen LogP contribution in [0.15, 0.2) is 84.0 Å². The van der Waals surface area contributed by atoms with Crippen LogP contribution in [-0.2, 0) is 27.7 Å². The third-order valence-electron chi connectivity index (χ3n) is 4.95. The van der Waals surface area contributed by atoms with Gasteiger partial charge in [0.25, 0.3) is 5.91 Å². The topological polar surface area (TPSA) is 105 Å². The summed E-state index contributed by atoms with van der Waals surface area (Å²) in [5.74, 6) is -0.554. The Bertz CT molecular complexity index is 1220. The minimum atomic E-state index is -3.66. The monoisotopic (exact) mass is 479 g/mol. The van der Waals surface area contributed by atoms with Crippen LogP contribution in [0.2, 0.25) is 0 Å². The van der Waals surface area contributed by atoms with Crippen molar-refractivity contribution < 1.29 is 18.0 Å². The highest BCUT2D eigenvalue weighted by molar-refractivity contribution is 7.89. The number of ketones is 1. The molecule has 1 amide bonds. The van der Waals surface area contributed by atoms with E-state index in [1.807, 2.05) is 30.3 Å². The first kappa shape index (κ1) is 25.3. The Morgan fingerprint density at radius 2 is 1.59 bits per heavy atom. The second-order valence-electron chi connectivity index (χ2n) is 9.10. The molecule has 1 heterocycles. The largest absolute Gasteiger partial charge is 0.342 e. The number of aromatic nitrogens is 1. The van der Waals surface area contributed by atoms with Crippen LogP contribution < -0.4 is 10.0 Å². The summed E-state index contributed by atoms with van der Waals surface area (Å²) in [6, 6.07) is 18.2. The fraction of sp³-hybridized carbons (Fsp3) is 0.269. The molecule has 0 spiro atoms. The van der Waals surface area contributed by atoms with Crippen molar-refractivity contribution in [2.75, 3.05) is 0 Å². The lowest BCUT2D eigenvalue weighted by Gasteiger charge is -2.20. The van der Waals surface area contributed by atoms with Gasteiger partial charge in [-0.2, -0.15) is 0 Å². The lowest BCUT2D eigenvalue weighted by atomic mass is 9.97. The van der Waals surface area contributed by atoms with Crippen LogP contribution >= 0.6 is 0 Å². The van der Waals surface area contributed by atoms with Crippen LogP contribution in [-0.4, -0.2) is 36.7 Å². The van der Waals surface area contributed by atoms with Gasteiger partial charge in [-0.1, -0.05) is 42.5 Å². The second-order valence-corrected chi connectivity index (χ2v) is 10.8. The van der Waals surface area contributed by atoms with Gasteiger partial charge in [-0.15, -0.1) is 0 Å². The average molecular weight is 480 g/mol. The standard InChI is InChI=1S/C26H29N3O4S/c1-26(2,3)29-34(32,33)22-13-11-20(12-14-22)17-24(30)23(16-19-8-5-4-6-9-19)28-25(31)21-10-7-15-27-18-21/h4-15,18,23,29H,16-17H2,1-3H3,(H,28,31)/t23-/m0/s1. The van der Waals surface area contributed by atoms with Crippen LogP contribution in [0.1, 0.15) is 42.3 Å². The van der Waals surface area contributed by atoms with E-state index < -0.39 is 21.6 Å². The molecule has 0 radical (unpaired) electrons. The number of carbonyl (C=O) groups excluding carboxylic acids is 2. The molecule has 8 heteroatoms. The molecule has 7 nitrogen and oxygen atoms in total. The molecule has 0 aliphatic carbocycles. The van der Waals surface area contributed by atoms with Crippen molar-refractivity contribution in [1.82, 2.24) is 15.0 Å². The maximum atomic E-state index is 13.2. The van der Waals surface area contributed by atoms with Crippen molar-refractivity contribution in [2.24, 2.45) is 0 Å². The minimum absolute atomic E-state index is 0.0534. The van der Waals surface area contributed by atoms with E-state index in [1.54, 1.807) is 51.2 Å². The highest BCUT2D eigenvalue weighted by Gasteiger charge is 2.24. The highest BCUT2D eigenvalue weighted by Crippen LogP contribution is 2.15. The predicted molar refractivity (Wildman–Crippen MR) is 131 cm³/mol. The van der Waals surface area contributed by atoms with Crippen LogP contribution in [0.5, 0.6) is 0 Å². The number of sulfonamides is 1. The van der Waals surface area contributed by atoms with Crippen LogP contribution in [0.4, 0.5) is 0 Å². The summed E-state index contributed by atoms with van der Waals surface area (Å²) in [5, 5.41) is 2.83. The van der Waals surface area contributed by atoms with Crippen molar-refractivity contribution in [3.63, 3.8) is 0 Å². The van der Waals surface area contributed by atoms with Gasteiger partial charge in [-0.3, -0.25) is 14.6 Å². The maximum absolute atomic E-state index is 13.2. The molecule has 0 bridgehead atoms. The van der Waals surface area contributed by atoms with Gasteiger partial charge in [0.15, 0.2) is 5.78 Å². The summed E-state index contributed by atoms with van der Waals surface area (Å²) in [4.78, 5) is 30.0. The second kappa shape index (κ2) is 10.7. The number of nitrogens with one attached hydrogen (secondary N) is 2. The van der Waals surface area contributed by atoms with E-state index in [2.05, 4.69) is 15.0 Å². The Morgan fingerprint density at radius 3 is 2.18 bits per heavy atom. The SMILES string of the molecule is CC(C)(C)NS(=O)(=O)c1ccc(CC(=O)[C@H](Cc2ccccc2)NC(=O)c2cccnc2)cc1. The van der Waals surface area contributed by atoms with Gasteiger partial charge >= 0.3 is 0 Å². The molecule has 3 rings (SSSR count).